The Morgan fingerprint density at radius 2 is 1.95 bits per heavy atom. The minimum Gasteiger partial charge on any atom is -0.394 e. The fourth-order valence-electron chi connectivity index (χ4n) is 1.78. The van der Waals surface area contributed by atoms with Crippen LogP contribution in [0.25, 0.3) is 0 Å². The normalized spacial score (nSPS) is 13.7. The molecule has 0 fully saturated rings. The molecule has 3 N–H and O–H groups in total. The van der Waals surface area contributed by atoms with Crippen LogP contribution in [0.2, 0.25) is 10.0 Å². The third kappa shape index (κ3) is 5.04. The third-order valence-electron chi connectivity index (χ3n) is 3.01. The molecule has 0 bridgehead atoms. The maximum absolute atomic E-state index is 12.3. The van der Waals surface area contributed by atoms with Crippen LogP contribution in [-0.2, 0) is 0 Å². The quantitative estimate of drug-likeness (QED) is 0.775. The zero-order valence-corrected chi connectivity index (χ0v) is 13.7. The summed E-state index contributed by atoms with van der Waals surface area (Å²) in [4.78, 5) is 13.6. The van der Waals surface area contributed by atoms with Gasteiger partial charge in [0.2, 0.25) is 0 Å². The molecule has 0 saturated carbocycles. The summed E-state index contributed by atoms with van der Waals surface area (Å²) in [5.74, 6) is 0. The van der Waals surface area contributed by atoms with Crippen molar-refractivity contribution in [3.63, 3.8) is 0 Å². The number of hydrogen-bond donors (Lipinski definition) is 3. The Labute approximate surface area is 134 Å². The summed E-state index contributed by atoms with van der Waals surface area (Å²) >= 11 is 12.1. The number of carbonyl (C=O) groups is 1. The molecule has 2 amide bonds. The molecule has 0 aliphatic rings. The Morgan fingerprint density at radius 3 is 2.48 bits per heavy atom. The number of aliphatic hydroxyl groups excluding tert-OH is 2. The van der Waals surface area contributed by atoms with E-state index in [-0.39, 0.29) is 13.2 Å². The smallest absolute Gasteiger partial charge is 0.322 e. The topological polar surface area (TPSA) is 72.8 Å². The van der Waals surface area contributed by atoms with Crippen LogP contribution in [0.15, 0.2) is 12.1 Å². The second-order valence-electron chi connectivity index (χ2n) is 5.04. The van der Waals surface area contributed by atoms with E-state index in [0.29, 0.717) is 15.7 Å². The van der Waals surface area contributed by atoms with Crippen molar-refractivity contribution in [1.29, 1.82) is 0 Å². The Balaban J connectivity index is 2.93. The van der Waals surface area contributed by atoms with E-state index in [9.17, 15) is 15.0 Å². The maximum atomic E-state index is 12.3. The van der Waals surface area contributed by atoms with Gasteiger partial charge in [-0.05, 0) is 38.5 Å². The number of hydrogen-bond acceptors (Lipinski definition) is 3. The second kappa shape index (κ2) is 7.84. The number of aryl methyl sites for hydroxylation is 1. The van der Waals surface area contributed by atoms with Crippen LogP contribution in [0, 0.1) is 6.92 Å². The molecule has 5 nitrogen and oxygen atoms in total. The first-order chi connectivity index (χ1) is 9.76. The lowest BCUT2D eigenvalue weighted by Gasteiger charge is -2.29. The predicted molar refractivity (Wildman–Crippen MR) is 85.2 cm³/mol. The van der Waals surface area contributed by atoms with Gasteiger partial charge >= 0.3 is 6.03 Å². The fraction of sp³-hybridized carbons (Fsp3) is 0.500. The highest BCUT2D eigenvalue weighted by molar-refractivity contribution is 6.36. The van der Waals surface area contributed by atoms with Gasteiger partial charge in [0.25, 0.3) is 0 Å². The van der Waals surface area contributed by atoms with Crippen LogP contribution in [0.4, 0.5) is 10.5 Å². The maximum Gasteiger partial charge on any atom is 0.322 e. The van der Waals surface area contributed by atoms with E-state index in [4.69, 9.17) is 23.2 Å². The van der Waals surface area contributed by atoms with E-state index < -0.39 is 18.2 Å². The van der Waals surface area contributed by atoms with Crippen LogP contribution < -0.4 is 5.32 Å². The second-order valence-corrected chi connectivity index (χ2v) is 5.86. The van der Waals surface area contributed by atoms with E-state index in [1.807, 2.05) is 6.92 Å². The Bertz CT molecular complexity index is 509. The molecule has 0 aliphatic heterocycles. The Morgan fingerprint density at radius 1 is 1.33 bits per heavy atom. The number of aliphatic hydroxyl groups is 2. The van der Waals surface area contributed by atoms with Crippen molar-refractivity contribution in [3.8, 4) is 0 Å². The molecule has 1 aromatic carbocycles. The molecule has 0 radical (unpaired) electrons. The van der Waals surface area contributed by atoms with Gasteiger partial charge in [-0.15, -0.1) is 0 Å². The highest BCUT2D eigenvalue weighted by atomic mass is 35.5. The molecular weight excluding hydrogens is 315 g/mol. The molecule has 0 heterocycles. The van der Waals surface area contributed by atoms with E-state index in [0.717, 1.165) is 5.56 Å². The third-order valence-corrected chi connectivity index (χ3v) is 3.73. The minimum absolute atomic E-state index is 0.102. The number of halogens is 2. The van der Waals surface area contributed by atoms with Crippen molar-refractivity contribution in [1.82, 2.24) is 4.90 Å². The van der Waals surface area contributed by atoms with Crippen LogP contribution >= 0.6 is 23.2 Å². The van der Waals surface area contributed by atoms with Gasteiger partial charge in [-0.25, -0.2) is 4.79 Å². The van der Waals surface area contributed by atoms with Gasteiger partial charge < -0.3 is 20.4 Å². The van der Waals surface area contributed by atoms with Crippen molar-refractivity contribution >= 4 is 34.9 Å². The molecule has 0 unspecified atom stereocenters. The summed E-state index contributed by atoms with van der Waals surface area (Å²) in [5, 5.41) is 22.2. The van der Waals surface area contributed by atoms with Crippen molar-refractivity contribution < 1.29 is 15.0 Å². The van der Waals surface area contributed by atoms with Crippen molar-refractivity contribution in [3.05, 3.63) is 27.7 Å². The van der Waals surface area contributed by atoms with Gasteiger partial charge in [0.05, 0.1) is 29.5 Å². The average molecular weight is 335 g/mol. The van der Waals surface area contributed by atoms with E-state index >= 15 is 0 Å². The van der Waals surface area contributed by atoms with Gasteiger partial charge in [0.15, 0.2) is 0 Å². The molecule has 0 aliphatic carbocycles. The molecule has 7 heteroatoms. The lowest BCUT2D eigenvalue weighted by atomic mass is 10.2. The van der Waals surface area contributed by atoms with Gasteiger partial charge in [0, 0.05) is 11.6 Å². The highest BCUT2D eigenvalue weighted by Gasteiger charge is 2.22. The number of rotatable bonds is 5. The molecule has 0 spiro atoms. The molecular formula is C14H20Cl2N2O3. The zero-order valence-electron chi connectivity index (χ0n) is 12.2. The summed E-state index contributed by atoms with van der Waals surface area (Å²) in [6, 6.07) is 2.34. The molecule has 0 aromatic heterocycles. The van der Waals surface area contributed by atoms with Gasteiger partial charge in [-0.2, -0.15) is 0 Å². The molecule has 1 aromatic rings. The van der Waals surface area contributed by atoms with E-state index in [1.165, 1.54) is 4.90 Å². The first-order valence-corrected chi connectivity index (χ1v) is 7.34. The number of nitrogens with zero attached hydrogens (tertiary/aromatic N) is 1. The van der Waals surface area contributed by atoms with E-state index in [1.54, 1.807) is 26.0 Å². The SMILES string of the molecule is Cc1cc(Cl)c(NC(=O)N(C[C@@H](C)O)[C@H](C)CO)cc1Cl. The summed E-state index contributed by atoms with van der Waals surface area (Å²) in [7, 11) is 0. The number of carbonyl (C=O) groups excluding carboxylic acids is 1. The fourth-order valence-corrected chi connectivity index (χ4v) is 2.20. The largest absolute Gasteiger partial charge is 0.394 e. The van der Waals surface area contributed by atoms with Crippen LogP contribution in [0.5, 0.6) is 0 Å². The minimum atomic E-state index is -0.707. The number of amides is 2. The summed E-state index contributed by atoms with van der Waals surface area (Å²) in [6.07, 6.45) is -0.707. The average Bonchev–Trinajstić information content (AvgIpc) is 2.41. The summed E-state index contributed by atoms with van der Waals surface area (Å²) in [6.45, 7) is 4.96. The summed E-state index contributed by atoms with van der Waals surface area (Å²) in [5.41, 5.74) is 1.20. The Hall–Kier alpha value is -1.01. The monoisotopic (exact) mass is 334 g/mol. The van der Waals surface area contributed by atoms with Crippen LogP contribution in [-0.4, -0.2) is 46.4 Å². The molecule has 0 saturated heterocycles. The first kappa shape index (κ1) is 18.0. The van der Waals surface area contributed by atoms with E-state index in [2.05, 4.69) is 5.32 Å². The first-order valence-electron chi connectivity index (χ1n) is 6.58. The highest BCUT2D eigenvalue weighted by Crippen LogP contribution is 2.29. The number of benzene rings is 1. The molecule has 2 atom stereocenters. The van der Waals surface area contributed by atoms with Gasteiger partial charge in [-0.1, -0.05) is 23.2 Å². The molecule has 118 valence electrons. The van der Waals surface area contributed by atoms with Crippen molar-refractivity contribution in [2.24, 2.45) is 0 Å². The predicted octanol–water partition coefficient (Wildman–Crippen LogP) is 2.90. The molecule has 1 rings (SSSR count). The number of nitrogens with one attached hydrogen (secondary N) is 1. The van der Waals surface area contributed by atoms with Crippen molar-refractivity contribution in [2.45, 2.75) is 32.9 Å². The summed E-state index contributed by atoms with van der Waals surface area (Å²) < 4.78 is 0. The Kier molecular flexibility index (Phi) is 6.74. The number of urea groups is 1. The zero-order chi connectivity index (χ0) is 16.2. The van der Waals surface area contributed by atoms with Crippen molar-refractivity contribution in [2.75, 3.05) is 18.5 Å². The van der Waals surface area contributed by atoms with Crippen LogP contribution in [0.3, 0.4) is 0 Å². The van der Waals surface area contributed by atoms with Crippen LogP contribution in [0.1, 0.15) is 19.4 Å². The van der Waals surface area contributed by atoms with Gasteiger partial charge in [-0.3, -0.25) is 0 Å². The lowest BCUT2D eigenvalue weighted by Crippen LogP contribution is -2.46. The lowest BCUT2D eigenvalue weighted by molar-refractivity contribution is 0.0995. The standard InChI is InChI=1S/C14H20Cl2N2O3/c1-8-4-12(16)13(5-11(8)15)17-14(21)18(6-10(3)20)9(2)7-19/h4-5,9-10,19-20H,6-7H2,1-3H3,(H,17,21)/t9-,10-/m1/s1. The van der Waals surface area contributed by atoms with Gasteiger partial charge in [0.1, 0.15) is 0 Å². The molecule has 21 heavy (non-hydrogen) atoms. The number of anilines is 1.